The van der Waals surface area contributed by atoms with E-state index in [2.05, 4.69) is 48.2 Å². The van der Waals surface area contributed by atoms with Gasteiger partial charge in [0.25, 0.3) is 0 Å². The van der Waals surface area contributed by atoms with Gasteiger partial charge in [-0.2, -0.15) is 0 Å². The van der Waals surface area contributed by atoms with Crippen LogP contribution in [0.3, 0.4) is 0 Å². The summed E-state index contributed by atoms with van der Waals surface area (Å²) < 4.78 is 0. The Morgan fingerprint density at radius 1 is 1.48 bits per heavy atom. The van der Waals surface area contributed by atoms with E-state index >= 15 is 0 Å². The molecule has 1 aromatic carbocycles. The normalized spacial score (nSPS) is 23.3. The minimum Gasteiger partial charge on any atom is -0.370 e. The lowest BCUT2D eigenvalue weighted by Crippen LogP contribution is -2.43. The van der Waals surface area contributed by atoms with E-state index in [4.69, 9.17) is 17.3 Å². The summed E-state index contributed by atoms with van der Waals surface area (Å²) in [7, 11) is 2.19. The van der Waals surface area contributed by atoms with E-state index in [1.807, 2.05) is 12.1 Å². The molecule has 1 aliphatic heterocycles. The van der Waals surface area contributed by atoms with Crippen LogP contribution in [0.1, 0.15) is 38.3 Å². The van der Waals surface area contributed by atoms with Crippen molar-refractivity contribution < 1.29 is 0 Å². The minimum absolute atomic E-state index is 0.368. The quantitative estimate of drug-likeness (QED) is 0.641. The van der Waals surface area contributed by atoms with E-state index < -0.39 is 0 Å². The number of hydrogen-bond acceptors (Lipinski definition) is 2. The number of nitrogens with one attached hydrogen (secondary N) is 1. The highest BCUT2D eigenvalue weighted by molar-refractivity contribution is 6.30. The van der Waals surface area contributed by atoms with E-state index in [1.54, 1.807) is 0 Å². The third kappa shape index (κ3) is 5.40. The van der Waals surface area contributed by atoms with Gasteiger partial charge in [-0.05, 0) is 56.0 Å². The summed E-state index contributed by atoms with van der Waals surface area (Å²) >= 11 is 6.18. The van der Waals surface area contributed by atoms with Crippen LogP contribution in [0.25, 0.3) is 0 Å². The van der Waals surface area contributed by atoms with Gasteiger partial charge in [0.05, 0.1) is 0 Å². The second-order valence-corrected chi connectivity index (χ2v) is 7.32. The number of hydrogen-bond donors (Lipinski definition) is 2. The van der Waals surface area contributed by atoms with Crippen molar-refractivity contribution in [2.45, 2.75) is 32.7 Å². The van der Waals surface area contributed by atoms with Crippen molar-refractivity contribution in [3.63, 3.8) is 0 Å². The molecule has 0 saturated carbocycles. The molecule has 0 radical (unpaired) electrons. The Balaban J connectivity index is 2.04. The van der Waals surface area contributed by atoms with Crippen LogP contribution < -0.4 is 11.1 Å². The molecule has 1 aliphatic rings. The van der Waals surface area contributed by atoms with Crippen LogP contribution in [-0.2, 0) is 0 Å². The lowest BCUT2D eigenvalue weighted by Gasteiger charge is -2.39. The van der Waals surface area contributed by atoms with Crippen molar-refractivity contribution >= 4 is 17.6 Å². The number of halogens is 1. The number of rotatable bonds is 5. The number of piperidine rings is 1. The minimum atomic E-state index is 0.368. The van der Waals surface area contributed by atoms with Gasteiger partial charge in [0, 0.05) is 24.2 Å². The van der Waals surface area contributed by atoms with E-state index in [1.165, 1.54) is 18.4 Å². The molecule has 0 aliphatic carbocycles. The van der Waals surface area contributed by atoms with Crippen LogP contribution in [-0.4, -0.2) is 37.5 Å². The van der Waals surface area contributed by atoms with Crippen molar-refractivity contribution in [1.29, 1.82) is 0 Å². The number of aliphatic imine (C=N–C) groups is 1. The zero-order valence-electron chi connectivity index (χ0n) is 14.4. The zero-order chi connectivity index (χ0) is 16.8. The number of nitrogens with zero attached hydrogens (tertiary/aromatic N) is 2. The number of guanidine groups is 1. The summed E-state index contributed by atoms with van der Waals surface area (Å²) in [5, 5.41) is 4.11. The summed E-state index contributed by atoms with van der Waals surface area (Å²) in [4.78, 5) is 6.81. The molecule has 0 aromatic heterocycles. The van der Waals surface area contributed by atoms with E-state index in [0.29, 0.717) is 23.8 Å². The van der Waals surface area contributed by atoms with Gasteiger partial charge < -0.3 is 11.1 Å². The van der Waals surface area contributed by atoms with Crippen molar-refractivity contribution in [2.75, 3.05) is 26.7 Å². The lowest BCUT2D eigenvalue weighted by molar-refractivity contribution is 0.122. The molecule has 2 rings (SSSR count). The maximum atomic E-state index is 6.18. The third-order valence-corrected chi connectivity index (χ3v) is 4.60. The zero-order valence-corrected chi connectivity index (χ0v) is 15.2. The monoisotopic (exact) mass is 336 g/mol. The van der Waals surface area contributed by atoms with Gasteiger partial charge in [-0.3, -0.25) is 9.89 Å². The first kappa shape index (κ1) is 18.1. The van der Waals surface area contributed by atoms with Gasteiger partial charge in [-0.25, -0.2) is 0 Å². The molecule has 0 bridgehead atoms. The summed E-state index contributed by atoms with van der Waals surface area (Å²) in [6.45, 7) is 7.00. The van der Waals surface area contributed by atoms with Crippen molar-refractivity contribution in [1.82, 2.24) is 10.2 Å². The molecule has 1 saturated heterocycles. The van der Waals surface area contributed by atoms with Crippen LogP contribution in [0.4, 0.5) is 0 Å². The Hall–Kier alpha value is -1.26. The molecular formula is C18H29ClN4. The van der Waals surface area contributed by atoms with Crippen LogP contribution in [0.2, 0.25) is 5.02 Å². The average Bonchev–Trinajstić information content (AvgIpc) is 2.50. The Morgan fingerprint density at radius 2 is 2.26 bits per heavy atom. The second-order valence-electron chi connectivity index (χ2n) is 6.88. The largest absolute Gasteiger partial charge is 0.370 e. The summed E-state index contributed by atoms with van der Waals surface area (Å²) in [5.41, 5.74) is 7.27. The highest BCUT2D eigenvalue weighted by Gasteiger charge is 2.30. The first-order chi connectivity index (χ1) is 11.0. The molecule has 1 aromatic rings. The van der Waals surface area contributed by atoms with Gasteiger partial charge >= 0.3 is 0 Å². The molecule has 4 nitrogen and oxygen atoms in total. The van der Waals surface area contributed by atoms with Gasteiger partial charge in [0.1, 0.15) is 0 Å². The molecule has 2 atom stereocenters. The van der Waals surface area contributed by atoms with Gasteiger partial charge in [-0.1, -0.05) is 37.6 Å². The number of nitrogens with two attached hydrogens (primary N) is 1. The lowest BCUT2D eigenvalue weighted by atomic mass is 9.85. The molecule has 0 amide bonds. The predicted octanol–water partition coefficient (Wildman–Crippen LogP) is 3.28. The topological polar surface area (TPSA) is 53.6 Å². The van der Waals surface area contributed by atoms with E-state index in [0.717, 1.165) is 24.7 Å². The fraction of sp³-hybridized carbons (Fsp3) is 0.611. The Morgan fingerprint density at radius 3 is 2.96 bits per heavy atom. The van der Waals surface area contributed by atoms with Gasteiger partial charge in [0.15, 0.2) is 5.96 Å². The first-order valence-electron chi connectivity index (χ1n) is 8.47. The van der Waals surface area contributed by atoms with Gasteiger partial charge in [-0.15, -0.1) is 0 Å². The predicted molar refractivity (Wildman–Crippen MR) is 98.9 cm³/mol. The first-order valence-corrected chi connectivity index (χ1v) is 8.84. The standard InChI is InChI=1S/C18H29ClN4/c1-13(2)11-21-18(20)22-12-15-7-5-9-23(3)17(15)14-6-4-8-16(19)10-14/h4,6,8,10,13,15,17H,5,7,9,11-12H2,1-3H3,(H3,20,21,22). The second kappa shape index (κ2) is 8.55. The Bertz CT molecular complexity index is 530. The Labute approximate surface area is 145 Å². The molecular weight excluding hydrogens is 308 g/mol. The van der Waals surface area contributed by atoms with Crippen LogP contribution in [0, 0.1) is 11.8 Å². The SMILES string of the molecule is CC(C)CN=C(N)NCC1CCCN(C)C1c1cccc(Cl)c1. The van der Waals surface area contributed by atoms with Crippen LogP contribution in [0.15, 0.2) is 29.3 Å². The number of benzene rings is 1. The molecule has 2 unspecified atom stereocenters. The van der Waals surface area contributed by atoms with Gasteiger partial charge in [0.2, 0.25) is 0 Å². The molecule has 0 spiro atoms. The average molecular weight is 337 g/mol. The smallest absolute Gasteiger partial charge is 0.188 e. The fourth-order valence-electron chi connectivity index (χ4n) is 3.26. The summed E-state index contributed by atoms with van der Waals surface area (Å²) in [6.07, 6.45) is 2.40. The van der Waals surface area contributed by atoms with Crippen molar-refractivity contribution in [3.05, 3.63) is 34.9 Å². The summed E-state index contributed by atoms with van der Waals surface area (Å²) in [5.74, 6) is 1.58. The highest BCUT2D eigenvalue weighted by atomic mass is 35.5. The fourth-order valence-corrected chi connectivity index (χ4v) is 3.46. The number of likely N-dealkylation sites (tertiary alicyclic amines) is 1. The highest BCUT2D eigenvalue weighted by Crippen LogP contribution is 2.35. The molecule has 1 heterocycles. The molecule has 5 heteroatoms. The summed E-state index contributed by atoms with van der Waals surface area (Å²) in [6, 6.07) is 8.58. The Kier molecular flexibility index (Phi) is 6.72. The van der Waals surface area contributed by atoms with Crippen LogP contribution >= 0.6 is 11.6 Å². The molecule has 23 heavy (non-hydrogen) atoms. The maximum Gasteiger partial charge on any atom is 0.188 e. The van der Waals surface area contributed by atoms with Crippen LogP contribution in [0.5, 0.6) is 0 Å². The molecule has 128 valence electrons. The van der Waals surface area contributed by atoms with E-state index in [9.17, 15) is 0 Å². The van der Waals surface area contributed by atoms with E-state index in [-0.39, 0.29) is 0 Å². The van der Waals surface area contributed by atoms with Crippen molar-refractivity contribution in [3.8, 4) is 0 Å². The molecule has 3 N–H and O–H groups in total. The maximum absolute atomic E-state index is 6.18. The third-order valence-electron chi connectivity index (χ3n) is 4.37. The molecule has 1 fully saturated rings. The van der Waals surface area contributed by atoms with Crippen molar-refractivity contribution in [2.24, 2.45) is 22.6 Å².